The lowest BCUT2D eigenvalue weighted by molar-refractivity contribution is 0.0971. The van der Waals surface area contributed by atoms with Gasteiger partial charge in [-0.1, -0.05) is 60.2 Å². The molecule has 1 aliphatic rings. The van der Waals surface area contributed by atoms with E-state index in [-0.39, 0.29) is 17.1 Å². The minimum atomic E-state index is -0.521. The average Bonchev–Trinajstić information content (AvgIpc) is 3.02. The summed E-state index contributed by atoms with van der Waals surface area (Å²) < 4.78 is 5.93. The van der Waals surface area contributed by atoms with Gasteiger partial charge in [-0.25, -0.2) is 0 Å². The van der Waals surface area contributed by atoms with E-state index in [2.05, 4.69) is 0 Å². The molecular formula is C24H17NO3. The number of nitrogens with zero attached hydrogens (tertiary/aromatic N) is 1. The fourth-order valence-corrected chi connectivity index (χ4v) is 3.84. The first kappa shape index (κ1) is 16.5. The van der Waals surface area contributed by atoms with Crippen LogP contribution >= 0.6 is 0 Å². The van der Waals surface area contributed by atoms with Crippen LogP contribution in [0.15, 0.2) is 88.1 Å². The molecule has 0 N–H and O–H groups in total. The molecule has 0 radical (unpaired) electrons. The third-order valence-corrected chi connectivity index (χ3v) is 5.21. The molecule has 4 nitrogen and oxygen atoms in total. The Morgan fingerprint density at radius 2 is 1.50 bits per heavy atom. The van der Waals surface area contributed by atoms with Crippen molar-refractivity contribution in [2.75, 3.05) is 4.90 Å². The molecule has 0 aliphatic carbocycles. The molecule has 0 saturated carbocycles. The van der Waals surface area contributed by atoms with Gasteiger partial charge in [-0.05, 0) is 36.8 Å². The van der Waals surface area contributed by atoms with Crippen LogP contribution in [0.25, 0.3) is 11.0 Å². The Labute approximate surface area is 161 Å². The Bertz CT molecular complexity index is 1260. The molecule has 0 bridgehead atoms. The van der Waals surface area contributed by atoms with E-state index in [1.165, 1.54) is 0 Å². The van der Waals surface area contributed by atoms with Crippen LogP contribution in [0.4, 0.5) is 5.69 Å². The summed E-state index contributed by atoms with van der Waals surface area (Å²) in [7, 11) is 0. The SMILES string of the molecule is Cc1ccc(N2C(=O)c3oc4ccccc4c(=O)c3[C@H]2c2ccccc2)cc1. The van der Waals surface area contributed by atoms with E-state index < -0.39 is 6.04 Å². The predicted molar refractivity (Wildman–Crippen MR) is 109 cm³/mol. The lowest BCUT2D eigenvalue weighted by Crippen LogP contribution is -2.29. The molecule has 4 heteroatoms. The number of aryl methyl sites for hydroxylation is 1. The number of benzene rings is 3. The maximum absolute atomic E-state index is 13.4. The molecule has 0 saturated heterocycles. The maximum Gasteiger partial charge on any atom is 0.295 e. The maximum atomic E-state index is 13.4. The van der Waals surface area contributed by atoms with Gasteiger partial charge in [-0.15, -0.1) is 0 Å². The fraction of sp³-hybridized carbons (Fsp3) is 0.0833. The third-order valence-electron chi connectivity index (χ3n) is 5.21. The number of hydrogen-bond acceptors (Lipinski definition) is 3. The molecule has 2 heterocycles. The molecule has 1 aromatic heterocycles. The molecule has 0 spiro atoms. The van der Waals surface area contributed by atoms with Crippen molar-refractivity contribution in [3.8, 4) is 0 Å². The molecular weight excluding hydrogens is 350 g/mol. The van der Waals surface area contributed by atoms with Crippen molar-refractivity contribution in [3.63, 3.8) is 0 Å². The van der Waals surface area contributed by atoms with Crippen LogP contribution in [0.3, 0.4) is 0 Å². The van der Waals surface area contributed by atoms with Crippen LogP contribution < -0.4 is 10.3 Å². The van der Waals surface area contributed by atoms with Gasteiger partial charge >= 0.3 is 0 Å². The first-order chi connectivity index (χ1) is 13.6. The molecule has 5 rings (SSSR count). The van der Waals surface area contributed by atoms with E-state index in [4.69, 9.17) is 4.42 Å². The van der Waals surface area contributed by atoms with Crippen LogP contribution in [0, 0.1) is 6.92 Å². The summed E-state index contributed by atoms with van der Waals surface area (Å²) in [5.41, 5.74) is 3.38. The van der Waals surface area contributed by atoms with Crippen LogP contribution in [-0.4, -0.2) is 5.91 Å². The highest BCUT2D eigenvalue weighted by molar-refractivity contribution is 6.10. The minimum Gasteiger partial charge on any atom is -0.450 e. The van der Waals surface area contributed by atoms with Crippen LogP contribution in [0.1, 0.15) is 33.3 Å². The summed E-state index contributed by atoms with van der Waals surface area (Å²) in [5, 5.41) is 0.487. The number of carbonyl (C=O) groups is 1. The van der Waals surface area contributed by atoms with Crippen molar-refractivity contribution < 1.29 is 9.21 Å². The second-order valence-electron chi connectivity index (χ2n) is 6.99. The quantitative estimate of drug-likeness (QED) is 0.509. The molecule has 0 unspecified atom stereocenters. The largest absolute Gasteiger partial charge is 0.450 e. The summed E-state index contributed by atoms with van der Waals surface area (Å²) in [6.45, 7) is 2.00. The van der Waals surface area contributed by atoms with Crippen molar-refractivity contribution in [1.82, 2.24) is 0 Å². The predicted octanol–water partition coefficient (Wildman–Crippen LogP) is 4.85. The standard InChI is InChI=1S/C24H17NO3/c1-15-11-13-17(14-12-15)25-21(16-7-3-2-4-8-16)20-22(26)18-9-5-6-10-19(18)28-23(20)24(25)27/h2-14,21H,1H3/t21-/m1/s1. The van der Waals surface area contributed by atoms with Crippen molar-refractivity contribution >= 4 is 22.6 Å². The van der Waals surface area contributed by atoms with Gasteiger partial charge in [0.2, 0.25) is 5.76 Å². The number of para-hydroxylation sites is 1. The lowest BCUT2D eigenvalue weighted by atomic mass is 9.98. The van der Waals surface area contributed by atoms with Crippen LogP contribution in [0.5, 0.6) is 0 Å². The fourth-order valence-electron chi connectivity index (χ4n) is 3.84. The normalized spacial score (nSPS) is 15.8. The molecule has 0 fully saturated rings. The number of hydrogen-bond donors (Lipinski definition) is 0. The van der Waals surface area contributed by atoms with Gasteiger partial charge in [0.15, 0.2) is 5.43 Å². The summed E-state index contributed by atoms with van der Waals surface area (Å²) >= 11 is 0. The Morgan fingerprint density at radius 1 is 0.821 bits per heavy atom. The Hall–Kier alpha value is -3.66. The highest BCUT2D eigenvalue weighted by atomic mass is 16.3. The van der Waals surface area contributed by atoms with Gasteiger partial charge in [0.05, 0.1) is 17.0 Å². The van der Waals surface area contributed by atoms with Crippen LogP contribution in [-0.2, 0) is 0 Å². The van der Waals surface area contributed by atoms with Gasteiger partial charge in [-0.3, -0.25) is 14.5 Å². The van der Waals surface area contributed by atoms with Crippen molar-refractivity contribution in [1.29, 1.82) is 0 Å². The molecule has 3 aromatic carbocycles. The molecule has 1 aliphatic heterocycles. The van der Waals surface area contributed by atoms with E-state index >= 15 is 0 Å². The van der Waals surface area contributed by atoms with Gasteiger partial charge in [-0.2, -0.15) is 0 Å². The van der Waals surface area contributed by atoms with Crippen molar-refractivity contribution in [2.24, 2.45) is 0 Å². The number of carbonyl (C=O) groups excluding carboxylic acids is 1. The highest BCUT2D eigenvalue weighted by Gasteiger charge is 2.43. The zero-order valence-corrected chi connectivity index (χ0v) is 15.3. The second kappa shape index (κ2) is 6.20. The van der Waals surface area contributed by atoms with E-state index in [1.54, 1.807) is 29.2 Å². The molecule has 1 amide bonds. The van der Waals surface area contributed by atoms with Gasteiger partial charge < -0.3 is 4.42 Å². The van der Waals surface area contributed by atoms with Crippen molar-refractivity contribution in [2.45, 2.75) is 13.0 Å². The first-order valence-electron chi connectivity index (χ1n) is 9.16. The zero-order chi connectivity index (χ0) is 19.3. The second-order valence-corrected chi connectivity index (χ2v) is 6.99. The summed E-state index contributed by atoms with van der Waals surface area (Å²) in [6.07, 6.45) is 0. The Morgan fingerprint density at radius 3 is 2.25 bits per heavy atom. The van der Waals surface area contributed by atoms with Crippen molar-refractivity contribution in [3.05, 3.63) is 112 Å². The van der Waals surface area contributed by atoms with Gasteiger partial charge in [0.25, 0.3) is 5.91 Å². The van der Waals surface area contributed by atoms with E-state index in [0.717, 1.165) is 16.8 Å². The number of anilines is 1. The smallest absolute Gasteiger partial charge is 0.295 e. The Balaban J connectivity index is 1.82. The number of rotatable bonds is 2. The van der Waals surface area contributed by atoms with Crippen LogP contribution in [0.2, 0.25) is 0 Å². The van der Waals surface area contributed by atoms with E-state index in [1.807, 2.05) is 61.5 Å². The van der Waals surface area contributed by atoms with Gasteiger partial charge in [0, 0.05) is 5.69 Å². The topological polar surface area (TPSA) is 50.5 Å². The summed E-state index contributed by atoms with van der Waals surface area (Å²) in [6, 6.07) is 23.9. The van der Waals surface area contributed by atoms with Gasteiger partial charge in [0.1, 0.15) is 5.58 Å². The molecule has 136 valence electrons. The number of fused-ring (bicyclic) bond motifs is 2. The third kappa shape index (κ3) is 2.38. The highest BCUT2D eigenvalue weighted by Crippen LogP contribution is 2.41. The summed E-state index contributed by atoms with van der Waals surface area (Å²) in [5.74, 6) is -0.173. The molecule has 28 heavy (non-hydrogen) atoms. The summed E-state index contributed by atoms with van der Waals surface area (Å²) in [4.78, 5) is 28.4. The molecule has 4 aromatic rings. The number of amides is 1. The monoisotopic (exact) mass is 367 g/mol. The first-order valence-corrected chi connectivity index (χ1v) is 9.16. The zero-order valence-electron chi connectivity index (χ0n) is 15.3. The van der Waals surface area contributed by atoms with E-state index in [9.17, 15) is 9.59 Å². The minimum absolute atomic E-state index is 0.123. The van der Waals surface area contributed by atoms with E-state index in [0.29, 0.717) is 16.5 Å². The molecule has 1 atom stereocenters. The average molecular weight is 367 g/mol. The lowest BCUT2D eigenvalue weighted by Gasteiger charge is -2.25. The Kier molecular flexibility index (Phi) is 3.66.